The molecular weight excluding hydrogens is 449 g/mol. The average molecular weight is 476 g/mol. The van der Waals surface area contributed by atoms with Gasteiger partial charge in [-0.2, -0.15) is 0 Å². The second-order valence-corrected chi connectivity index (χ2v) is 8.23. The SMILES string of the molecule is COCCNC(=O)[C@@H](NC(=O)c1ccccc1Cl)C1CCN(C(=O)c2ccccc2F)CC1. The molecule has 9 heteroatoms. The largest absolute Gasteiger partial charge is 0.383 e. The third-order valence-corrected chi connectivity index (χ3v) is 6.03. The zero-order chi connectivity index (χ0) is 23.8. The van der Waals surface area contributed by atoms with Crippen LogP contribution >= 0.6 is 11.6 Å². The van der Waals surface area contributed by atoms with Crippen molar-refractivity contribution in [3.05, 3.63) is 70.5 Å². The number of likely N-dealkylation sites (tertiary alicyclic amines) is 1. The fourth-order valence-electron chi connectivity index (χ4n) is 3.89. The van der Waals surface area contributed by atoms with Crippen molar-refractivity contribution >= 4 is 29.3 Å². The third kappa shape index (κ3) is 6.30. The summed E-state index contributed by atoms with van der Waals surface area (Å²) in [6.45, 7) is 1.34. The minimum atomic E-state index is -0.809. The Kier molecular flexibility index (Phi) is 8.79. The van der Waals surface area contributed by atoms with Gasteiger partial charge in [0.25, 0.3) is 11.8 Å². The molecule has 1 fully saturated rings. The van der Waals surface area contributed by atoms with Crippen LogP contribution in [-0.4, -0.2) is 62.0 Å². The summed E-state index contributed by atoms with van der Waals surface area (Å²) < 4.78 is 19.0. The van der Waals surface area contributed by atoms with Crippen molar-refractivity contribution in [1.29, 1.82) is 0 Å². The molecule has 1 atom stereocenters. The lowest BCUT2D eigenvalue weighted by atomic mass is 9.88. The molecule has 1 saturated heterocycles. The fourth-order valence-corrected chi connectivity index (χ4v) is 4.11. The highest BCUT2D eigenvalue weighted by molar-refractivity contribution is 6.33. The van der Waals surface area contributed by atoms with Gasteiger partial charge in [-0.25, -0.2) is 4.39 Å². The number of ether oxygens (including phenoxy) is 1. The number of rotatable bonds is 8. The monoisotopic (exact) mass is 475 g/mol. The minimum absolute atomic E-state index is 0.0248. The van der Waals surface area contributed by atoms with Gasteiger partial charge in [-0.3, -0.25) is 14.4 Å². The molecule has 2 N–H and O–H groups in total. The zero-order valence-electron chi connectivity index (χ0n) is 18.4. The molecule has 2 aromatic rings. The number of carbonyl (C=O) groups is 3. The summed E-state index contributed by atoms with van der Waals surface area (Å²) in [5.74, 6) is -1.92. The number of carbonyl (C=O) groups excluding carboxylic acids is 3. The standard InChI is InChI=1S/C24H27ClFN3O4/c1-33-15-12-27-23(31)21(28-22(30)17-6-2-4-8-19(17)25)16-10-13-29(14-11-16)24(32)18-7-3-5-9-20(18)26/h2-9,16,21H,10-15H2,1H3,(H,27,31)(H,28,30)/t21-/m0/s1. The average Bonchev–Trinajstić information content (AvgIpc) is 2.83. The van der Waals surface area contributed by atoms with Crippen LogP contribution in [0.3, 0.4) is 0 Å². The molecule has 1 heterocycles. The molecule has 0 bridgehead atoms. The first-order valence-corrected chi connectivity index (χ1v) is 11.2. The van der Waals surface area contributed by atoms with Crippen LogP contribution in [0.25, 0.3) is 0 Å². The molecular formula is C24H27ClFN3O4. The molecule has 7 nitrogen and oxygen atoms in total. The highest BCUT2D eigenvalue weighted by Gasteiger charge is 2.34. The predicted octanol–water partition coefficient (Wildman–Crippen LogP) is 2.89. The van der Waals surface area contributed by atoms with Gasteiger partial charge >= 0.3 is 0 Å². The number of methoxy groups -OCH3 is 1. The van der Waals surface area contributed by atoms with Crippen molar-refractivity contribution in [1.82, 2.24) is 15.5 Å². The Balaban J connectivity index is 1.70. The maximum atomic E-state index is 14.0. The van der Waals surface area contributed by atoms with Crippen LogP contribution in [0.15, 0.2) is 48.5 Å². The first-order valence-electron chi connectivity index (χ1n) is 10.8. The molecule has 1 aliphatic heterocycles. The van der Waals surface area contributed by atoms with Crippen LogP contribution in [0.5, 0.6) is 0 Å². The van der Waals surface area contributed by atoms with Gasteiger partial charge < -0.3 is 20.3 Å². The van der Waals surface area contributed by atoms with E-state index in [1.54, 1.807) is 35.2 Å². The van der Waals surface area contributed by atoms with E-state index in [0.717, 1.165) is 0 Å². The lowest BCUT2D eigenvalue weighted by Crippen LogP contribution is -2.54. The molecule has 0 spiro atoms. The van der Waals surface area contributed by atoms with E-state index in [1.807, 2.05) is 0 Å². The van der Waals surface area contributed by atoms with E-state index in [4.69, 9.17) is 16.3 Å². The maximum absolute atomic E-state index is 14.0. The van der Waals surface area contributed by atoms with Crippen molar-refractivity contribution in [2.45, 2.75) is 18.9 Å². The van der Waals surface area contributed by atoms with Crippen LogP contribution in [0.4, 0.5) is 4.39 Å². The number of hydrogen-bond acceptors (Lipinski definition) is 4. The van der Waals surface area contributed by atoms with Gasteiger partial charge in [0.05, 0.1) is 22.8 Å². The van der Waals surface area contributed by atoms with E-state index >= 15 is 0 Å². The van der Waals surface area contributed by atoms with Crippen molar-refractivity contribution < 1.29 is 23.5 Å². The molecule has 33 heavy (non-hydrogen) atoms. The Morgan fingerprint density at radius 2 is 1.73 bits per heavy atom. The molecule has 0 aliphatic carbocycles. The summed E-state index contributed by atoms with van der Waals surface area (Å²) >= 11 is 6.14. The van der Waals surface area contributed by atoms with Crippen LogP contribution in [0, 0.1) is 11.7 Å². The molecule has 0 radical (unpaired) electrons. The van der Waals surface area contributed by atoms with Crippen LogP contribution in [0.2, 0.25) is 5.02 Å². The van der Waals surface area contributed by atoms with Crippen molar-refractivity contribution in [3.8, 4) is 0 Å². The number of nitrogens with zero attached hydrogens (tertiary/aromatic N) is 1. The zero-order valence-corrected chi connectivity index (χ0v) is 19.1. The maximum Gasteiger partial charge on any atom is 0.256 e. The second-order valence-electron chi connectivity index (χ2n) is 7.82. The van der Waals surface area contributed by atoms with Crippen molar-refractivity contribution in [2.24, 2.45) is 5.92 Å². The Labute approximate surface area is 197 Å². The predicted molar refractivity (Wildman–Crippen MR) is 123 cm³/mol. The number of halogens is 2. The van der Waals surface area contributed by atoms with Gasteiger partial charge in [-0.05, 0) is 43.0 Å². The molecule has 0 aromatic heterocycles. The van der Waals surface area contributed by atoms with Crippen molar-refractivity contribution in [2.75, 3.05) is 33.4 Å². The van der Waals surface area contributed by atoms with Gasteiger partial charge in [-0.15, -0.1) is 0 Å². The summed E-state index contributed by atoms with van der Waals surface area (Å²) in [5.41, 5.74) is 0.304. The summed E-state index contributed by atoms with van der Waals surface area (Å²) in [6.07, 6.45) is 0.955. The molecule has 0 unspecified atom stereocenters. The highest BCUT2D eigenvalue weighted by Crippen LogP contribution is 2.24. The summed E-state index contributed by atoms with van der Waals surface area (Å²) in [7, 11) is 1.53. The van der Waals surface area contributed by atoms with E-state index in [1.165, 1.54) is 25.3 Å². The smallest absolute Gasteiger partial charge is 0.256 e. The first-order chi connectivity index (χ1) is 15.9. The second kappa shape index (κ2) is 11.8. The molecule has 3 amide bonds. The summed E-state index contributed by atoms with van der Waals surface area (Å²) in [6, 6.07) is 11.7. The van der Waals surface area contributed by atoms with Crippen LogP contribution < -0.4 is 10.6 Å². The fraction of sp³-hybridized carbons (Fsp3) is 0.375. The van der Waals surface area contributed by atoms with E-state index < -0.39 is 17.8 Å². The topological polar surface area (TPSA) is 87.7 Å². The summed E-state index contributed by atoms with van der Waals surface area (Å²) in [5, 5.41) is 5.88. The Bertz CT molecular complexity index is 995. The molecule has 0 saturated carbocycles. The quantitative estimate of drug-likeness (QED) is 0.575. The molecule has 3 rings (SSSR count). The number of benzene rings is 2. The van der Waals surface area contributed by atoms with Crippen LogP contribution in [-0.2, 0) is 9.53 Å². The third-order valence-electron chi connectivity index (χ3n) is 5.70. The highest BCUT2D eigenvalue weighted by atomic mass is 35.5. The van der Waals surface area contributed by atoms with E-state index in [9.17, 15) is 18.8 Å². The Hall–Kier alpha value is -2.97. The normalized spacial score (nSPS) is 15.1. The lowest BCUT2D eigenvalue weighted by Gasteiger charge is -2.36. The number of nitrogens with one attached hydrogen (secondary N) is 2. The summed E-state index contributed by atoms with van der Waals surface area (Å²) in [4.78, 5) is 40.0. The van der Waals surface area contributed by atoms with Gasteiger partial charge in [0.1, 0.15) is 11.9 Å². The van der Waals surface area contributed by atoms with Gasteiger partial charge in [0.15, 0.2) is 0 Å². The Morgan fingerprint density at radius 3 is 2.36 bits per heavy atom. The molecule has 176 valence electrons. The van der Waals surface area contributed by atoms with E-state index in [2.05, 4.69) is 10.6 Å². The van der Waals surface area contributed by atoms with Gasteiger partial charge in [0.2, 0.25) is 5.91 Å². The van der Waals surface area contributed by atoms with Crippen molar-refractivity contribution in [3.63, 3.8) is 0 Å². The number of hydrogen-bond donors (Lipinski definition) is 2. The van der Waals surface area contributed by atoms with Crippen LogP contribution in [0.1, 0.15) is 33.6 Å². The van der Waals surface area contributed by atoms with E-state index in [0.29, 0.717) is 44.1 Å². The lowest BCUT2D eigenvalue weighted by molar-refractivity contribution is -0.124. The molecule has 2 aromatic carbocycles. The minimum Gasteiger partial charge on any atom is -0.383 e. The van der Waals surface area contributed by atoms with Gasteiger partial charge in [0, 0.05) is 26.7 Å². The molecule has 1 aliphatic rings. The van der Waals surface area contributed by atoms with E-state index in [-0.39, 0.29) is 28.9 Å². The Morgan fingerprint density at radius 1 is 1.09 bits per heavy atom. The first kappa shape index (κ1) is 24.7. The number of piperidine rings is 1. The number of amides is 3. The van der Waals surface area contributed by atoms with Gasteiger partial charge in [-0.1, -0.05) is 35.9 Å².